The molecule has 2 aromatic carbocycles. The maximum atomic E-state index is 12.6. The zero-order valence-corrected chi connectivity index (χ0v) is 17.9. The van der Waals surface area contributed by atoms with Gasteiger partial charge in [0.2, 0.25) is 0 Å². The molecule has 2 aromatic rings. The molecule has 0 bridgehead atoms. The van der Waals surface area contributed by atoms with Crippen LogP contribution in [0.1, 0.15) is 36.4 Å². The number of hydrazone groups is 1. The van der Waals surface area contributed by atoms with Crippen LogP contribution in [0.5, 0.6) is 11.5 Å². The Morgan fingerprint density at radius 1 is 1.10 bits per heavy atom. The van der Waals surface area contributed by atoms with Crippen LogP contribution in [0, 0.1) is 5.92 Å². The van der Waals surface area contributed by atoms with Crippen molar-refractivity contribution in [3.63, 3.8) is 0 Å². The Morgan fingerprint density at radius 2 is 1.73 bits per heavy atom. The summed E-state index contributed by atoms with van der Waals surface area (Å²) in [6.07, 6.45) is 5.16. The number of ether oxygens (including phenoxy) is 2. The van der Waals surface area contributed by atoms with E-state index in [9.17, 15) is 4.79 Å². The van der Waals surface area contributed by atoms with E-state index < -0.39 is 0 Å². The average molecular weight is 425 g/mol. The number of benzene rings is 2. The minimum absolute atomic E-state index is 0.0896. The van der Waals surface area contributed by atoms with Crippen LogP contribution in [0.25, 0.3) is 6.08 Å². The van der Waals surface area contributed by atoms with Crippen molar-refractivity contribution >= 4 is 29.3 Å². The maximum absolute atomic E-state index is 12.6. The van der Waals surface area contributed by atoms with Crippen LogP contribution >= 0.6 is 11.6 Å². The third-order valence-corrected chi connectivity index (χ3v) is 6.01. The summed E-state index contributed by atoms with van der Waals surface area (Å²) in [5.41, 5.74) is 4.32. The van der Waals surface area contributed by atoms with Gasteiger partial charge < -0.3 is 9.47 Å². The van der Waals surface area contributed by atoms with Gasteiger partial charge >= 0.3 is 0 Å². The lowest BCUT2D eigenvalue weighted by atomic mass is 9.77. The van der Waals surface area contributed by atoms with Crippen molar-refractivity contribution in [1.82, 2.24) is 5.01 Å². The number of amides is 1. The third kappa shape index (κ3) is 3.94. The van der Waals surface area contributed by atoms with Crippen molar-refractivity contribution in [3.05, 3.63) is 65.2 Å². The first-order valence-corrected chi connectivity index (χ1v) is 10.6. The van der Waals surface area contributed by atoms with Crippen LogP contribution in [-0.4, -0.2) is 36.7 Å². The Labute approximate surface area is 181 Å². The standard InChI is InChI=1S/C24H25ClN2O3/c1-29-19-10-6-16(7-11-19)14-18-4-3-5-21-23(18)26-27(22(28)15-25)24(21)17-8-12-20(30-2)13-9-17/h6-14,21,24H,3-5,15H2,1-2H3/b18-14-/t21-,24+/m0/s1. The summed E-state index contributed by atoms with van der Waals surface area (Å²) in [4.78, 5) is 12.6. The minimum Gasteiger partial charge on any atom is -0.497 e. The van der Waals surface area contributed by atoms with E-state index in [-0.39, 0.29) is 23.7 Å². The summed E-state index contributed by atoms with van der Waals surface area (Å²) in [6, 6.07) is 15.7. The summed E-state index contributed by atoms with van der Waals surface area (Å²) in [7, 11) is 3.31. The van der Waals surface area contributed by atoms with Gasteiger partial charge in [0.15, 0.2) is 0 Å². The highest BCUT2D eigenvalue weighted by molar-refractivity contribution is 6.27. The van der Waals surface area contributed by atoms with Crippen molar-refractivity contribution in [2.24, 2.45) is 11.0 Å². The quantitative estimate of drug-likeness (QED) is 0.630. The SMILES string of the molecule is COc1ccc(/C=C2/CCC[C@H]3C2=NN(C(=O)CCl)[C@@H]3c2ccc(OC)cc2)cc1. The number of allylic oxidation sites excluding steroid dienone is 1. The van der Waals surface area contributed by atoms with Gasteiger partial charge in [-0.25, -0.2) is 5.01 Å². The highest BCUT2D eigenvalue weighted by Gasteiger charge is 2.43. The highest BCUT2D eigenvalue weighted by Crippen LogP contribution is 2.44. The summed E-state index contributed by atoms with van der Waals surface area (Å²) < 4.78 is 10.5. The molecule has 156 valence electrons. The number of hydrogen-bond acceptors (Lipinski definition) is 4. The molecule has 2 atom stereocenters. The highest BCUT2D eigenvalue weighted by atomic mass is 35.5. The number of halogens is 1. The van der Waals surface area contributed by atoms with E-state index in [2.05, 4.69) is 6.08 Å². The summed E-state index contributed by atoms with van der Waals surface area (Å²) in [5, 5.41) is 6.37. The molecule has 0 aromatic heterocycles. The lowest BCUT2D eigenvalue weighted by Crippen LogP contribution is -2.32. The molecular formula is C24H25ClN2O3. The number of hydrogen-bond donors (Lipinski definition) is 0. The number of carbonyl (C=O) groups is 1. The Hall–Kier alpha value is -2.79. The fraction of sp³-hybridized carbons (Fsp3) is 0.333. The maximum Gasteiger partial charge on any atom is 0.258 e. The first-order valence-electron chi connectivity index (χ1n) is 10.1. The van der Waals surface area contributed by atoms with Gasteiger partial charge in [0.1, 0.15) is 17.4 Å². The molecule has 0 saturated heterocycles. The second-order valence-corrected chi connectivity index (χ2v) is 7.78. The molecule has 0 unspecified atom stereocenters. The minimum atomic E-state index is -0.178. The fourth-order valence-electron chi connectivity index (χ4n) is 4.30. The second kappa shape index (κ2) is 8.92. The van der Waals surface area contributed by atoms with Gasteiger partial charge in [-0.1, -0.05) is 24.3 Å². The monoisotopic (exact) mass is 424 g/mol. The number of carbonyl (C=O) groups excluding carboxylic acids is 1. The first kappa shape index (κ1) is 20.5. The summed E-state index contributed by atoms with van der Waals surface area (Å²) >= 11 is 5.92. The molecule has 0 N–H and O–H groups in total. The number of rotatable bonds is 5. The molecular weight excluding hydrogens is 400 g/mol. The van der Waals surface area contributed by atoms with Crippen LogP contribution in [0.15, 0.2) is 59.2 Å². The molecule has 1 amide bonds. The van der Waals surface area contributed by atoms with Gasteiger partial charge in [-0.2, -0.15) is 5.10 Å². The smallest absolute Gasteiger partial charge is 0.258 e. The van der Waals surface area contributed by atoms with E-state index in [1.54, 1.807) is 19.2 Å². The molecule has 4 rings (SSSR count). The Kier molecular flexibility index (Phi) is 6.09. The van der Waals surface area contributed by atoms with Crippen molar-refractivity contribution in [1.29, 1.82) is 0 Å². The van der Waals surface area contributed by atoms with Gasteiger partial charge in [0, 0.05) is 5.92 Å². The molecule has 1 fully saturated rings. The zero-order valence-electron chi connectivity index (χ0n) is 17.2. The molecule has 0 radical (unpaired) electrons. The zero-order chi connectivity index (χ0) is 21.1. The molecule has 5 nitrogen and oxygen atoms in total. The largest absolute Gasteiger partial charge is 0.497 e. The first-order chi connectivity index (χ1) is 14.6. The van der Waals surface area contributed by atoms with Crippen molar-refractivity contribution < 1.29 is 14.3 Å². The molecule has 1 aliphatic carbocycles. The number of fused-ring (bicyclic) bond motifs is 1. The van der Waals surface area contributed by atoms with Gasteiger partial charge in [-0.15, -0.1) is 11.6 Å². The van der Waals surface area contributed by atoms with Crippen LogP contribution < -0.4 is 9.47 Å². The van der Waals surface area contributed by atoms with Crippen LogP contribution in [-0.2, 0) is 4.79 Å². The lowest BCUT2D eigenvalue weighted by Gasteiger charge is -2.29. The number of alkyl halides is 1. The summed E-state index contributed by atoms with van der Waals surface area (Å²) in [6.45, 7) is 0. The van der Waals surface area contributed by atoms with Gasteiger partial charge in [0.05, 0.1) is 26.0 Å². The summed E-state index contributed by atoms with van der Waals surface area (Å²) in [5.74, 6) is 1.51. The molecule has 6 heteroatoms. The lowest BCUT2D eigenvalue weighted by molar-refractivity contribution is -0.130. The Morgan fingerprint density at radius 3 is 2.33 bits per heavy atom. The predicted molar refractivity (Wildman–Crippen MR) is 119 cm³/mol. The molecule has 30 heavy (non-hydrogen) atoms. The van der Waals surface area contributed by atoms with E-state index >= 15 is 0 Å². The van der Waals surface area contributed by atoms with Gasteiger partial charge in [-0.05, 0) is 66.3 Å². The van der Waals surface area contributed by atoms with Gasteiger partial charge in [0.25, 0.3) is 5.91 Å². The molecule has 1 aliphatic heterocycles. The van der Waals surface area contributed by atoms with Crippen LogP contribution in [0.2, 0.25) is 0 Å². The van der Waals surface area contributed by atoms with E-state index in [1.165, 1.54) is 5.57 Å². The predicted octanol–water partition coefficient (Wildman–Crippen LogP) is 5.07. The van der Waals surface area contributed by atoms with E-state index in [0.29, 0.717) is 0 Å². The van der Waals surface area contributed by atoms with E-state index in [1.807, 2.05) is 48.5 Å². The van der Waals surface area contributed by atoms with Crippen molar-refractivity contribution in [2.45, 2.75) is 25.3 Å². The second-order valence-electron chi connectivity index (χ2n) is 7.52. The Balaban J connectivity index is 1.69. The van der Waals surface area contributed by atoms with Gasteiger partial charge in [-0.3, -0.25) is 4.79 Å². The normalized spacial score (nSPS) is 21.9. The number of methoxy groups -OCH3 is 2. The molecule has 1 saturated carbocycles. The van der Waals surface area contributed by atoms with Crippen molar-refractivity contribution in [3.8, 4) is 11.5 Å². The van der Waals surface area contributed by atoms with Crippen LogP contribution in [0.3, 0.4) is 0 Å². The third-order valence-electron chi connectivity index (χ3n) is 5.79. The van der Waals surface area contributed by atoms with E-state index in [0.717, 1.165) is 47.6 Å². The molecule has 2 aliphatic rings. The van der Waals surface area contributed by atoms with Crippen LogP contribution in [0.4, 0.5) is 0 Å². The topological polar surface area (TPSA) is 51.1 Å². The molecule has 0 spiro atoms. The van der Waals surface area contributed by atoms with Crippen molar-refractivity contribution in [2.75, 3.05) is 20.1 Å². The average Bonchev–Trinajstić information content (AvgIpc) is 3.20. The van der Waals surface area contributed by atoms with E-state index in [4.69, 9.17) is 26.2 Å². The number of nitrogens with zero attached hydrogens (tertiary/aromatic N) is 2. The molecule has 1 heterocycles. The fourth-order valence-corrected chi connectivity index (χ4v) is 4.43. The Bertz CT molecular complexity index is 967.